The number of carbonyl (C=O) groups is 2. The molecule has 0 aliphatic carbocycles. The number of sulfonamides is 1. The molecule has 3 rings (SSSR count). The van der Waals surface area contributed by atoms with Crippen molar-refractivity contribution in [2.45, 2.75) is 44.3 Å². The lowest BCUT2D eigenvalue weighted by Crippen LogP contribution is -2.42. The fourth-order valence-corrected chi connectivity index (χ4v) is 4.31. The first-order valence-corrected chi connectivity index (χ1v) is 11.7. The summed E-state index contributed by atoms with van der Waals surface area (Å²) in [6.07, 6.45) is 0.0913. The second-order valence-electron chi connectivity index (χ2n) is 7.43. The minimum atomic E-state index is -3.99. The van der Waals surface area contributed by atoms with Gasteiger partial charge in [0.2, 0.25) is 12.0 Å². The molecule has 2 aromatic rings. The standard InChI is InChI=1S/C22H26N2O8S/c1-5-6-15-11-18(33(27,28)23-24(3)14(2)25)9-10-19(15)31-21(22(26)29-4)16-7-8-17-13-30-32-20(17)12-16/h7-12,21,23H,5-6,13H2,1-4H3. The quantitative estimate of drug-likeness (QED) is 0.331. The number of fused-ring (bicyclic) bond motifs is 1. The molecule has 1 heterocycles. The number of amides is 1. The monoisotopic (exact) mass is 478 g/mol. The van der Waals surface area contributed by atoms with E-state index < -0.39 is 28.0 Å². The highest BCUT2D eigenvalue weighted by Crippen LogP contribution is 2.33. The van der Waals surface area contributed by atoms with E-state index in [1.807, 2.05) is 6.92 Å². The van der Waals surface area contributed by atoms with E-state index in [1.165, 1.54) is 39.3 Å². The van der Waals surface area contributed by atoms with E-state index in [1.54, 1.807) is 18.2 Å². The summed E-state index contributed by atoms with van der Waals surface area (Å²) >= 11 is 0. The lowest BCUT2D eigenvalue weighted by molar-refractivity contribution is -0.194. The zero-order valence-corrected chi connectivity index (χ0v) is 19.6. The number of methoxy groups -OCH3 is 1. The first-order valence-electron chi connectivity index (χ1n) is 10.2. The van der Waals surface area contributed by atoms with Gasteiger partial charge in [-0.3, -0.25) is 9.80 Å². The Balaban J connectivity index is 1.94. The van der Waals surface area contributed by atoms with E-state index in [-0.39, 0.29) is 4.90 Å². The van der Waals surface area contributed by atoms with Crippen molar-refractivity contribution in [3.63, 3.8) is 0 Å². The summed E-state index contributed by atoms with van der Waals surface area (Å²) in [4.78, 5) is 36.2. The van der Waals surface area contributed by atoms with E-state index in [0.717, 1.165) is 10.6 Å². The molecule has 1 unspecified atom stereocenters. The summed E-state index contributed by atoms with van der Waals surface area (Å²) < 4.78 is 36.3. The average Bonchev–Trinajstić information content (AvgIpc) is 3.25. The van der Waals surface area contributed by atoms with Crippen molar-refractivity contribution >= 4 is 21.9 Å². The van der Waals surface area contributed by atoms with Gasteiger partial charge < -0.3 is 14.4 Å². The fourth-order valence-electron chi connectivity index (χ4n) is 3.17. The average molecular weight is 479 g/mol. The largest absolute Gasteiger partial charge is 0.474 e. The number of hydrogen-bond acceptors (Lipinski definition) is 8. The molecule has 178 valence electrons. The van der Waals surface area contributed by atoms with Gasteiger partial charge in [-0.05, 0) is 36.2 Å². The van der Waals surface area contributed by atoms with Crippen LogP contribution in [0.2, 0.25) is 0 Å². The van der Waals surface area contributed by atoms with Crippen LogP contribution in [0, 0.1) is 0 Å². The Morgan fingerprint density at radius 2 is 1.97 bits per heavy atom. The molecule has 0 radical (unpaired) electrons. The molecular weight excluding hydrogens is 452 g/mol. The lowest BCUT2D eigenvalue weighted by atomic mass is 10.1. The fraction of sp³-hybridized carbons (Fsp3) is 0.364. The number of aryl methyl sites for hydroxylation is 1. The van der Waals surface area contributed by atoms with Crippen LogP contribution in [0.5, 0.6) is 11.5 Å². The highest BCUT2D eigenvalue weighted by molar-refractivity contribution is 7.89. The van der Waals surface area contributed by atoms with Crippen molar-refractivity contribution in [3.8, 4) is 11.5 Å². The molecule has 0 fully saturated rings. The second kappa shape index (κ2) is 10.2. The van der Waals surface area contributed by atoms with Crippen molar-refractivity contribution in [1.29, 1.82) is 0 Å². The third-order valence-corrected chi connectivity index (χ3v) is 6.40. The van der Waals surface area contributed by atoms with Crippen LogP contribution in [0.3, 0.4) is 0 Å². The Hall–Kier alpha value is -3.15. The summed E-state index contributed by atoms with van der Waals surface area (Å²) in [7, 11) is -1.42. The summed E-state index contributed by atoms with van der Waals surface area (Å²) in [5.41, 5.74) is 1.92. The van der Waals surface area contributed by atoms with Crippen LogP contribution >= 0.6 is 0 Å². The summed E-state index contributed by atoms with van der Waals surface area (Å²) in [6.45, 7) is 3.48. The van der Waals surface area contributed by atoms with Crippen LogP contribution in [0.15, 0.2) is 41.3 Å². The minimum absolute atomic E-state index is 0.0379. The van der Waals surface area contributed by atoms with Crippen molar-refractivity contribution in [3.05, 3.63) is 53.1 Å². The number of benzene rings is 2. The van der Waals surface area contributed by atoms with Crippen molar-refractivity contribution < 1.29 is 37.3 Å². The normalized spacial score (nSPS) is 13.6. The Kier molecular flexibility index (Phi) is 7.57. The van der Waals surface area contributed by atoms with Crippen LogP contribution in [0.4, 0.5) is 0 Å². The van der Waals surface area contributed by atoms with Gasteiger partial charge >= 0.3 is 5.97 Å². The maximum Gasteiger partial charge on any atom is 0.351 e. The number of esters is 1. The Morgan fingerprint density at radius 1 is 1.21 bits per heavy atom. The van der Waals surface area contributed by atoms with Gasteiger partial charge in [-0.1, -0.05) is 25.5 Å². The van der Waals surface area contributed by atoms with Gasteiger partial charge in [0.1, 0.15) is 12.4 Å². The van der Waals surface area contributed by atoms with Crippen molar-refractivity contribution in [2.75, 3.05) is 14.2 Å². The van der Waals surface area contributed by atoms with Crippen molar-refractivity contribution in [1.82, 2.24) is 9.84 Å². The summed E-state index contributed by atoms with van der Waals surface area (Å²) in [6, 6.07) is 9.43. The number of nitrogens with one attached hydrogen (secondary N) is 1. The number of nitrogens with zero attached hydrogens (tertiary/aromatic N) is 1. The van der Waals surface area contributed by atoms with Crippen LogP contribution in [0.25, 0.3) is 0 Å². The van der Waals surface area contributed by atoms with Gasteiger partial charge in [-0.15, -0.1) is 4.83 Å². The Labute approximate surface area is 192 Å². The van der Waals surface area contributed by atoms with Crippen molar-refractivity contribution in [2.24, 2.45) is 0 Å². The zero-order valence-electron chi connectivity index (χ0n) is 18.8. The van der Waals surface area contributed by atoms with E-state index in [2.05, 4.69) is 4.83 Å². The molecule has 0 saturated carbocycles. The summed E-state index contributed by atoms with van der Waals surface area (Å²) in [5.74, 6) is -0.264. The maximum absolute atomic E-state index is 12.7. The Bertz CT molecular complexity index is 1150. The molecule has 2 aromatic carbocycles. The number of hydrazine groups is 1. The third-order valence-electron chi connectivity index (χ3n) is 5.01. The van der Waals surface area contributed by atoms with Gasteiger partial charge in [-0.25, -0.2) is 13.2 Å². The molecule has 1 aliphatic rings. The molecule has 0 bridgehead atoms. The number of hydrogen-bond donors (Lipinski definition) is 1. The highest BCUT2D eigenvalue weighted by Gasteiger charge is 2.28. The topological polar surface area (TPSA) is 120 Å². The van der Waals surface area contributed by atoms with Gasteiger partial charge in [0.15, 0.2) is 5.75 Å². The maximum atomic E-state index is 12.7. The van der Waals surface area contributed by atoms with Gasteiger partial charge in [0, 0.05) is 25.1 Å². The van der Waals surface area contributed by atoms with Gasteiger partial charge in [-0.2, -0.15) is 4.89 Å². The molecule has 10 nitrogen and oxygen atoms in total. The molecule has 1 aliphatic heterocycles. The minimum Gasteiger partial charge on any atom is -0.474 e. The number of ether oxygens (including phenoxy) is 2. The molecule has 11 heteroatoms. The van der Waals surface area contributed by atoms with E-state index >= 15 is 0 Å². The van der Waals surface area contributed by atoms with Gasteiger partial charge in [0.05, 0.1) is 12.0 Å². The molecule has 1 amide bonds. The van der Waals surface area contributed by atoms with Crippen LogP contribution in [-0.4, -0.2) is 39.5 Å². The molecule has 0 spiro atoms. The predicted octanol–water partition coefficient (Wildman–Crippen LogP) is 2.43. The first-order chi connectivity index (χ1) is 15.7. The van der Waals surface area contributed by atoms with Crippen LogP contribution < -0.4 is 14.5 Å². The molecule has 0 aromatic heterocycles. The van der Waals surface area contributed by atoms with E-state index in [0.29, 0.717) is 42.1 Å². The molecule has 1 atom stereocenters. The first kappa shape index (κ1) is 24.5. The molecule has 1 N–H and O–H groups in total. The predicted molar refractivity (Wildman–Crippen MR) is 116 cm³/mol. The zero-order chi connectivity index (χ0) is 24.2. The molecule has 0 saturated heterocycles. The van der Waals surface area contributed by atoms with Crippen LogP contribution in [0.1, 0.15) is 43.1 Å². The second-order valence-corrected chi connectivity index (χ2v) is 9.09. The third kappa shape index (κ3) is 5.62. The van der Waals surface area contributed by atoms with Crippen LogP contribution in [-0.2, 0) is 42.3 Å². The smallest absolute Gasteiger partial charge is 0.351 e. The lowest BCUT2D eigenvalue weighted by Gasteiger charge is -2.21. The van der Waals surface area contributed by atoms with E-state index in [9.17, 15) is 18.0 Å². The highest BCUT2D eigenvalue weighted by atomic mass is 32.2. The van der Waals surface area contributed by atoms with Gasteiger partial charge in [0.25, 0.3) is 10.0 Å². The SMILES string of the molecule is CCCc1cc(S(=O)(=O)NN(C)C(C)=O)ccc1OC(C(=O)OC)c1ccc2c(c1)OOC2. The van der Waals surface area contributed by atoms with E-state index in [4.69, 9.17) is 19.2 Å². The molecule has 33 heavy (non-hydrogen) atoms. The number of rotatable bonds is 9. The summed E-state index contributed by atoms with van der Waals surface area (Å²) in [5, 5.41) is 0.881. The number of carbonyl (C=O) groups excluding carboxylic acids is 2. The molecular formula is C22H26N2O8S. The Morgan fingerprint density at radius 3 is 2.64 bits per heavy atom.